The number of ether oxygens (including phenoxy) is 1. The Morgan fingerprint density at radius 1 is 1.35 bits per heavy atom. The van der Waals surface area contributed by atoms with E-state index in [0.717, 1.165) is 0 Å². The molecule has 14 heteroatoms. The molecule has 1 unspecified atom stereocenters. The van der Waals surface area contributed by atoms with E-state index in [0.29, 0.717) is 11.2 Å². The average Bonchev–Trinajstić information content (AvgIpc) is 3.15. The Bertz CT molecular complexity index is 818. The zero-order valence-corrected chi connectivity index (χ0v) is 14.4. The number of hydrogen-bond donors (Lipinski definition) is 6. The maximum atomic E-state index is 11.8. The summed E-state index contributed by atoms with van der Waals surface area (Å²) in [5.74, 6) is 0.161. The standard InChI is InChI=1S/C12H20N7O6P/c13-1-2-18-26(22,23)24-3-6-8(20)9(21)12(25-6)19-5-17-7-10(14)15-4-16-11(7)19/h4-6,8-9,12,20-21H,1-3,13H2,(H2,14,15,16)(H2,18,22,23)/t6-,8-,9-,12-/m1/s1. The van der Waals surface area contributed by atoms with Gasteiger partial charge in [0.2, 0.25) is 0 Å². The third-order valence-corrected chi connectivity index (χ3v) is 4.99. The first-order valence-corrected chi connectivity index (χ1v) is 9.29. The van der Waals surface area contributed by atoms with Crippen molar-refractivity contribution in [1.29, 1.82) is 0 Å². The van der Waals surface area contributed by atoms with Crippen LogP contribution in [0.5, 0.6) is 0 Å². The number of rotatable bonds is 7. The molecule has 1 aliphatic rings. The van der Waals surface area contributed by atoms with Crippen molar-refractivity contribution in [2.45, 2.75) is 24.5 Å². The molecule has 2 aromatic heterocycles. The van der Waals surface area contributed by atoms with Crippen LogP contribution < -0.4 is 16.6 Å². The molecule has 3 heterocycles. The van der Waals surface area contributed by atoms with Crippen molar-refractivity contribution in [2.24, 2.45) is 5.73 Å². The van der Waals surface area contributed by atoms with Gasteiger partial charge in [-0.25, -0.2) is 24.6 Å². The first-order valence-electron chi connectivity index (χ1n) is 7.71. The molecule has 0 saturated carbocycles. The van der Waals surface area contributed by atoms with Gasteiger partial charge >= 0.3 is 7.75 Å². The summed E-state index contributed by atoms with van der Waals surface area (Å²) in [6.45, 7) is -0.199. The van der Waals surface area contributed by atoms with E-state index in [-0.39, 0.29) is 18.9 Å². The fourth-order valence-corrected chi connectivity index (χ4v) is 3.43. The summed E-state index contributed by atoms with van der Waals surface area (Å²) in [5.41, 5.74) is 11.6. The summed E-state index contributed by atoms with van der Waals surface area (Å²) in [7, 11) is -4.09. The van der Waals surface area contributed by atoms with Gasteiger partial charge in [-0.05, 0) is 0 Å². The van der Waals surface area contributed by atoms with Crippen LogP contribution in [0, 0.1) is 0 Å². The number of fused-ring (bicyclic) bond motifs is 1. The van der Waals surface area contributed by atoms with Crippen LogP contribution in [0.25, 0.3) is 11.2 Å². The second-order valence-electron chi connectivity index (χ2n) is 5.64. The first kappa shape index (κ1) is 19.1. The number of anilines is 1. The summed E-state index contributed by atoms with van der Waals surface area (Å²) in [6, 6.07) is 0. The second-order valence-corrected chi connectivity index (χ2v) is 7.26. The van der Waals surface area contributed by atoms with Crippen molar-refractivity contribution in [1.82, 2.24) is 24.6 Å². The summed E-state index contributed by atoms with van der Waals surface area (Å²) < 4.78 is 23.6. The van der Waals surface area contributed by atoms with Gasteiger partial charge in [0.15, 0.2) is 17.7 Å². The highest BCUT2D eigenvalue weighted by Gasteiger charge is 2.45. The fraction of sp³-hybridized carbons (Fsp3) is 0.583. The van der Waals surface area contributed by atoms with Crippen molar-refractivity contribution in [3.05, 3.63) is 12.7 Å². The number of nitrogens with two attached hydrogens (primary N) is 2. The fourth-order valence-electron chi connectivity index (χ4n) is 2.58. The summed E-state index contributed by atoms with van der Waals surface area (Å²) in [5, 5.41) is 22.7. The largest absolute Gasteiger partial charge is 0.403 e. The summed E-state index contributed by atoms with van der Waals surface area (Å²) in [6.07, 6.45) is -2.20. The van der Waals surface area contributed by atoms with E-state index in [1.165, 1.54) is 17.2 Å². The van der Waals surface area contributed by atoms with Crippen LogP contribution >= 0.6 is 7.75 Å². The number of imidazole rings is 1. The zero-order valence-electron chi connectivity index (χ0n) is 13.5. The highest BCUT2D eigenvalue weighted by molar-refractivity contribution is 7.50. The molecule has 13 nitrogen and oxygen atoms in total. The van der Waals surface area contributed by atoms with Crippen LogP contribution in [0.2, 0.25) is 0 Å². The minimum absolute atomic E-state index is 0.0786. The molecule has 26 heavy (non-hydrogen) atoms. The van der Waals surface area contributed by atoms with Crippen molar-refractivity contribution in [3.63, 3.8) is 0 Å². The van der Waals surface area contributed by atoms with Crippen LogP contribution in [0.1, 0.15) is 6.23 Å². The van der Waals surface area contributed by atoms with Gasteiger partial charge in [-0.15, -0.1) is 0 Å². The lowest BCUT2D eigenvalue weighted by Gasteiger charge is -2.18. The lowest BCUT2D eigenvalue weighted by Crippen LogP contribution is -2.34. The van der Waals surface area contributed by atoms with Crippen LogP contribution in [0.3, 0.4) is 0 Å². The molecule has 0 aromatic carbocycles. The topological polar surface area (TPSA) is 204 Å². The Kier molecular flexibility index (Phi) is 5.50. The minimum Gasteiger partial charge on any atom is -0.387 e. The van der Waals surface area contributed by atoms with E-state index >= 15 is 0 Å². The van der Waals surface area contributed by atoms with E-state index in [1.807, 2.05) is 0 Å². The van der Waals surface area contributed by atoms with Crippen molar-refractivity contribution >= 4 is 24.7 Å². The second kappa shape index (κ2) is 7.50. The van der Waals surface area contributed by atoms with Gasteiger partial charge in [0.1, 0.15) is 30.2 Å². The molecule has 0 bridgehead atoms. The normalized spacial score (nSPS) is 28.5. The monoisotopic (exact) mass is 389 g/mol. The number of aliphatic hydroxyl groups excluding tert-OH is 2. The number of nitrogen functional groups attached to an aromatic ring is 1. The number of nitrogens with zero attached hydrogens (tertiary/aromatic N) is 4. The van der Waals surface area contributed by atoms with E-state index < -0.39 is 38.9 Å². The lowest BCUT2D eigenvalue weighted by molar-refractivity contribution is -0.0487. The summed E-state index contributed by atoms with van der Waals surface area (Å²) >= 11 is 0. The molecule has 0 amide bonds. The van der Waals surface area contributed by atoms with Gasteiger partial charge in [0, 0.05) is 13.1 Å². The Balaban J connectivity index is 1.73. The predicted molar refractivity (Wildman–Crippen MR) is 88.5 cm³/mol. The third-order valence-electron chi connectivity index (χ3n) is 3.87. The van der Waals surface area contributed by atoms with Crippen LogP contribution in [0.4, 0.5) is 5.82 Å². The van der Waals surface area contributed by atoms with E-state index in [4.69, 9.17) is 20.7 Å². The molecule has 1 fully saturated rings. The van der Waals surface area contributed by atoms with Crippen LogP contribution in [-0.4, -0.2) is 72.6 Å². The molecule has 1 aliphatic heterocycles. The zero-order chi connectivity index (χ0) is 18.9. The lowest BCUT2D eigenvalue weighted by atomic mass is 10.1. The van der Waals surface area contributed by atoms with Crippen molar-refractivity contribution in [2.75, 3.05) is 25.4 Å². The molecular formula is C12H20N7O6P. The Morgan fingerprint density at radius 3 is 2.85 bits per heavy atom. The molecule has 1 saturated heterocycles. The van der Waals surface area contributed by atoms with Gasteiger partial charge in [-0.1, -0.05) is 0 Å². The van der Waals surface area contributed by atoms with Crippen molar-refractivity contribution in [3.8, 4) is 0 Å². The maximum absolute atomic E-state index is 11.8. The average molecular weight is 389 g/mol. The number of nitrogens with one attached hydrogen (secondary N) is 1. The molecule has 2 aromatic rings. The molecule has 144 valence electrons. The van der Waals surface area contributed by atoms with Crippen LogP contribution in [-0.2, 0) is 13.8 Å². The molecule has 0 aliphatic carbocycles. The molecule has 8 N–H and O–H groups in total. The van der Waals surface area contributed by atoms with E-state index in [1.54, 1.807) is 0 Å². The third kappa shape index (κ3) is 3.70. The number of aliphatic hydroxyl groups is 2. The molecule has 0 radical (unpaired) electrons. The van der Waals surface area contributed by atoms with Crippen molar-refractivity contribution < 1.29 is 28.9 Å². The predicted octanol–water partition coefficient (Wildman–Crippen LogP) is -2.31. The highest BCUT2D eigenvalue weighted by Crippen LogP contribution is 2.39. The molecular weight excluding hydrogens is 369 g/mol. The molecule has 0 spiro atoms. The quantitative estimate of drug-likeness (QED) is 0.276. The van der Waals surface area contributed by atoms with Gasteiger partial charge in [0.05, 0.1) is 12.9 Å². The molecule has 5 atom stereocenters. The first-order chi connectivity index (χ1) is 12.3. The maximum Gasteiger partial charge on any atom is 0.403 e. The van der Waals surface area contributed by atoms with Gasteiger partial charge < -0.3 is 31.3 Å². The number of hydrogen-bond acceptors (Lipinski definition) is 10. The van der Waals surface area contributed by atoms with Gasteiger partial charge in [-0.3, -0.25) is 9.09 Å². The van der Waals surface area contributed by atoms with Gasteiger partial charge in [0.25, 0.3) is 0 Å². The number of aromatic nitrogens is 4. The Labute approximate surface area is 147 Å². The summed E-state index contributed by atoms with van der Waals surface area (Å²) in [4.78, 5) is 21.5. The molecule has 3 rings (SSSR count). The highest BCUT2D eigenvalue weighted by atomic mass is 31.2. The van der Waals surface area contributed by atoms with Crippen LogP contribution in [0.15, 0.2) is 12.7 Å². The smallest absolute Gasteiger partial charge is 0.387 e. The Hall–Kier alpha value is -1.70. The Morgan fingerprint density at radius 2 is 2.12 bits per heavy atom. The van der Waals surface area contributed by atoms with E-state index in [9.17, 15) is 19.7 Å². The SMILES string of the molecule is NCCNP(=O)(O)OC[C@H]1O[C@@H](n2cnc3c(N)ncnc32)[C@H](O)[C@@H]1O. The minimum atomic E-state index is -4.09. The van der Waals surface area contributed by atoms with E-state index in [2.05, 4.69) is 20.0 Å². The van der Waals surface area contributed by atoms with Gasteiger partial charge in [-0.2, -0.15) is 0 Å².